The van der Waals surface area contributed by atoms with Gasteiger partial charge in [-0.05, 0) is 17.7 Å². The highest BCUT2D eigenvalue weighted by Crippen LogP contribution is 2.32. The minimum atomic E-state index is -1.09. The van der Waals surface area contributed by atoms with E-state index in [4.69, 9.17) is 30.9 Å². The Morgan fingerprint density at radius 3 is 3.00 bits per heavy atom. The summed E-state index contributed by atoms with van der Waals surface area (Å²) in [5.74, 6) is 0.290. The molecule has 0 aliphatic carbocycles. The van der Waals surface area contributed by atoms with E-state index in [1.807, 2.05) is 6.07 Å². The van der Waals surface area contributed by atoms with Gasteiger partial charge in [-0.15, -0.1) is 11.6 Å². The molecule has 5 nitrogen and oxygen atoms in total. The van der Waals surface area contributed by atoms with Crippen LogP contribution in [0.25, 0.3) is 0 Å². The molecule has 0 bridgehead atoms. The number of ether oxygens (including phenoxy) is 3. The van der Waals surface area contributed by atoms with Crippen LogP contribution in [0, 0.1) is 0 Å². The zero-order chi connectivity index (χ0) is 12.3. The number of hydrogen-bond acceptors (Lipinski definition) is 4. The van der Waals surface area contributed by atoms with E-state index in [1.54, 1.807) is 12.1 Å². The number of carboxylic acids is 1. The Bertz CT molecular complexity index is 420. The van der Waals surface area contributed by atoms with Crippen LogP contribution in [0.4, 0.5) is 0 Å². The highest BCUT2D eigenvalue weighted by atomic mass is 35.5. The first kappa shape index (κ1) is 12.0. The van der Waals surface area contributed by atoms with Gasteiger partial charge in [0, 0.05) is 0 Å². The summed E-state index contributed by atoms with van der Waals surface area (Å²) < 4.78 is 15.6. The third-order valence-electron chi connectivity index (χ3n) is 2.24. The second-order valence-electron chi connectivity index (χ2n) is 3.51. The summed E-state index contributed by atoms with van der Waals surface area (Å²) in [6.45, 7) is 0.473. The molecule has 0 saturated heterocycles. The largest absolute Gasteiger partial charge is 0.480 e. The molecular formula is C11H11ClO5. The summed E-state index contributed by atoms with van der Waals surface area (Å²) in [5.41, 5.74) is 0.878. The molecule has 1 N–H and O–H groups in total. The Balaban J connectivity index is 1.85. The third kappa shape index (κ3) is 3.01. The predicted molar refractivity (Wildman–Crippen MR) is 59.5 cm³/mol. The molecule has 17 heavy (non-hydrogen) atoms. The molecule has 0 radical (unpaired) electrons. The molecule has 1 atom stereocenters. The Kier molecular flexibility index (Phi) is 3.71. The number of carboxylic acid groups (broad SMARTS) is 1. The van der Waals surface area contributed by atoms with Crippen LogP contribution in [0.15, 0.2) is 18.2 Å². The smallest absolute Gasteiger partial charge is 0.324 e. The van der Waals surface area contributed by atoms with Gasteiger partial charge in [-0.1, -0.05) is 6.07 Å². The molecule has 1 heterocycles. The van der Waals surface area contributed by atoms with Gasteiger partial charge in [0.05, 0.1) is 13.2 Å². The Labute approximate surface area is 103 Å². The van der Waals surface area contributed by atoms with Crippen molar-refractivity contribution in [2.45, 2.75) is 12.0 Å². The first-order chi connectivity index (χ1) is 8.16. The number of benzene rings is 1. The van der Waals surface area contributed by atoms with E-state index < -0.39 is 11.3 Å². The van der Waals surface area contributed by atoms with Gasteiger partial charge < -0.3 is 19.3 Å². The normalized spacial score (nSPS) is 14.6. The van der Waals surface area contributed by atoms with Crippen molar-refractivity contribution >= 4 is 17.6 Å². The van der Waals surface area contributed by atoms with Crippen LogP contribution < -0.4 is 9.47 Å². The monoisotopic (exact) mass is 258 g/mol. The van der Waals surface area contributed by atoms with Crippen LogP contribution in [0.3, 0.4) is 0 Å². The van der Waals surface area contributed by atoms with Gasteiger partial charge in [-0.3, -0.25) is 4.79 Å². The molecule has 1 aromatic rings. The van der Waals surface area contributed by atoms with Gasteiger partial charge in [0.15, 0.2) is 16.9 Å². The minimum absolute atomic E-state index is 0.0364. The van der Waals surface area contributed by atoms with Crippen molar-refractivity contribution in [1.82, 2.24) is 0 Å². The lowest BCUT2D eigenvalue weighted by Gasteiger charge is -2.06. The van der Waals surface area contributed by atoms with Crippen molar-refractivity contribution < 1.29 is 24.1 Å². The number of alkyl halides is 1. The lowest BCUT2D eigenvalue weighted by molar-refractivity contribution is -0.137. The fourth-order valence-electron chi connectivity index (χ4n) is 1.38. The number of fused-ring (bicyclic) bond motifs is 1. The second-order valence-corrected chi connectivity index (χ2v) is 4.04. The van der Waals surface area contributed by atoms with Gasteiger partial charge in [-0.25, -0.2) is 0 Å². The van der Waals surface area contributed by atoms with Crippen molar-refractivity contribution in [3.05, 3.63) is 23.8 Å². The quantitative estimate of drug-likeness (QED) is 0.813. The predicted octanol–water partition coefficient (Wildman–Crippen LogP) is 1.62. The average molecular weight is 259 g/mol. The van der Waals surface area contributed by atoms with Gasteiger partial charge >= 0.3 is 5.97 Å². The van der Waals surface area contributed by atoms with Crippen LogP contribution in [0.2, 0.25) is 0 Å². The highest BCUT2D eigenvalue weighted by molar-refractivity contribution is 6.29. The average Bonchev–Trinajstić information content (AvgIpc) is 2.75. The SMILES string of the molecule is O=C(O)C(Cl)COCc1ccc2c(c1)OCO2. The molecule has 0 fully saturated rings. The first-order valence-electron chi connectivity index (χ1n) is 5.00. The molecule has 6 heteroatoms. The molecule has 1 aliphatic rings. The lowest BCUT2D eigenvalue weighted by Crippen LogP contribution is -2.19. The number of hydrogen-bond donors (Lipinski definition) is 1. The van der Waals surface area contributed by atoms with Crippen molar-refractivity contribution in [2.24, 2.45) is 0 Å². The zero-order valence-electron chi connectivity index (χ0n) is 8.89. The highest BCUT2D eigenvalue weighted by Gasteiger charge is 2.15. The van der Waals surface area contributed by atoms with E-state index in [1.165, 1.54) is 0 Å². The van der Waals surface area contributed by atoms with Crippen molar-refractivity contribution in [3.63, 3.8) is 0 Å². The zero-order valence-corrected chi connectivity index (χ0v) is 9.64. The number of halogens is 1. The van der Waals surface area contributed by atoms with Crippen LogP contribution >= 0.6 is 11.6 Å². The maximum Gasteiger partial charge on any atom is 0.324 e. The van der Waals surface area contributed by atoms with Crippen molar-refractivity contribution in [2.75, 3.05) is 13.4 Å². The lowest BCUT2D eigenvalue weighted by atomic mass is 10.2. The third-order valence-corrected chi connectivity index (χ3v) is 2.55. The van der Waals surface area contributed by atoms with E-state index in [-0.39, 0.29) is 20.0 Å². The standard InChI is InChI=1S/C11H11ClO5/c12-8(11(13)14)5-15-4-7-1-2-9-10(3-7)17-6-16-9/h1-3,8H,4-6H2,(H,13,14). The van der Waals surface area contributed by atoms with E-state index in [9.17, 15) is 4.79 Å². The summed E-state index contributed by atoms with van der Waals surface area (Å²) in [6.07, 6.45) is 0. The molecule has 1 aromatic carbocycles. The van der Waals surface area contributed by atoms with Gasteiger partial charge in [0.1, 0.15) is 0 Å². The summed E-state index contributed by atoms with van der Waals surface area (Å²) in [5, 5.41) is 7.53. The topological polar surface area (TPSA) is 65.0 Å². The number of carbonyl (C=O) groups is 1. The summed E-state index contributed by atoms with van der Waals surface area (Å²) >= 11 is 5.51. The summed E-state index contributed by atoms with van der Waals surface area (Å²) in [7, 11) is 0. The molecule has 0 spiro atoms. The molecule has 1 aliphatic heterocycles. The molecule has 92 valence electrons. The van der Waals surface area contributed by atoms with Crippen LogP contribution in [0.5, 0.6) is 11.5 Å². The van der Waals surface area contributed by atoms with E-state index in [2.05, 4.69) is 0 Å². The number of rotatable bonds is 5. The Morgan fingerprint density at radius 2 is 2.24 bits per heavy atom. The molecule has 0 saturated carbocycles. The van der Waals surface area contributed by atoms with Crippen molar-refractivity contribution in [3.8, 4) is 11.5 Å². The summed E-state index contributed by atoms with van der Waals surface area (Å²) in [4.78, 5) is 10.4. The fourth-order valence-corrected chi connectivity index (χ4v) is 1.47. The number of aliphatic carboxylic acids is 1. The minimum Gasteiger partial charge on any atom is -0.480 e. The molecule has 2 rings (SSSR count). The maximum absolute atomic E-state index is 10.4. The molecule has 0 amide bonds. The fraction of sp³-hybridized carbons (Fsp3) is 0.364. The van der Waals surface area contributed by atoms with E-state index >= 15 is 0 Å². The van der Waals surface area contributed by atoms with E-state index in [0.29, 0.717) is 11.5 Å². The Morgan fingerprint density at radius 1 is 1.47 bits per heavy atom. The van der Waals surface area contributed by atoms with Gasteiger partial charge in [0.2, 0.25) is 6.79 Å². The maximum atomic E-state index is 10.4. The van der Waals surface area contributed by atoms with Crippen molar-refractivity contribution in [1.29, 1.82) is 0 Å². The Hall–Kier alpha value is -1.46. The molecule has 1 unspecified atom stereocenters. The van der Waals surface area contributed by atoms with Crippen LogP contribution in [-0.2, 0) is 16.1 Å². The van der Waals surface area contributed by atoms with Crippen LogP contribution in [-0.4, -0.2) is 29.9 Å². The van der Waals surface area contributed by atoms with Gasteiger partial charge in [-0.2, -0.15) is 0 Å². The molecule has 0 aromatic heterocycles. The summed E-state index contributed by atoms with van der Waals surface area (Å²) in [6, 6.07) is 5.42. The second kappa shape index (κ2) is 5.25. The van der Waals surface area contributed by atoms with Gasteiger partial charge in [0.25, 0.3) is 0 Å². The van der Waals surface area contributed by atoms with Crippen LogP contribution in [0.1, 0.15) is 5.56 Å². The first-order valence-corrected chi connectivity index (χ1v) is 5.43. The van der Waals surface area contributed by atoms with E-state index in [0.717, 1.165) is 5.56 Å². The molecular weight excluding hydrogens is 248 g/mol.